The summed E-state index contributed by atoms with van der Waals surface area (Å²) < 4.78 is 1.76. The lowest BCUT2D eigenvalue weighted by atomic mass is 10.2. The molecule has 0 unspecified atom stereocenters. The molecule has 7 heteroatoms. The summed E-state index contributed by atoms with van der Waals surface area (Å²) in [6.07, 6.45) is 0. The lowest BCUT2D eigenvalue weighted by molar-refractivity contribution is 0.798. The molecule has 0 atom stereocenters. The molecule has 0 aliphatic carbocycles. The normalized spacial score (nSPS) is 10.6. The first-order chi connectivity index (χ1) is 10.6. The van der Waals surface area contributed by atoms with Gasteiger partial charge in [0.15, 0.2) is 17.0 Å². The van der Waals surface area contributed by atoms with E-state index in [1.807, 2.05) is 44.4 Å². The highest BCUT2D eigenvalue weighted by Crippen LogP contribution is 2.24. The monoisotopic (exact) mass is 293 g/mol. The Labute approximate surface area is 127 Å². The van der Waals surface area contributed by atoms with Crippen molar-refractivity contribution in [3.05, 3.63) is 41.7 Å². The molecule has 22 heavy (non-hydrogen) atoms. The molecule has 0 bridgehead atoms. The van der Waals surface area contributed by atoms with Crippen molar-refractivity contribution in [1.29, 1.82) is 5.26 Å². The predicted molar refractivity (Wildman–Crippen MR) is 84.3 cm³/mol. The fourth-order valence-corrected chi connectivity index (χ4v) is 2.32. The van der Waals surface area contributed by atoms with Crippen molar-refractivity contribution in [2.45, 2.75) is 6.54 Å². The summed E-state index contributed by atoms with van der Waals surface area (Å²) in [7, 11) is 3.70. The van der Waals surface area contributed by atoms with Crippen LogP contribution in [-0.4, -0.2) is 33.6 Å². The van der Waals surface area contributed by atoms with Crippen molar-refractivity contribution in [3.63, 3.8) is 0 Å². The minimum Gasteiger partial charge on any atom is -0.368 e. The molecule has 0 aliphatic heterocycles. The Hall–Kier alpha value is -3.14. The highest BCUT2D eigenvalue weighted by molar-refractivity contribution is 5.85. The summed E-state index contributed by atoms with van der Waals surface area (Å²) in [5, 5.41) is 9.37. The molecule has 2 aromatic heterocycles. The minimum atomic E-state index is 0.162. The van der Waals surface area contributed by atoms with E-state index in [4.69, 9.17) is 5.73 Å². The number of hydrogen-bond donors (Lipinski definition) is 1. The Balaban J connectivity index is 2.23. The summed E-state index contributed by atoms with van der Waals surface area (Å²) >= 11 is 0. The molecule has 3 aromatic rings. The predicted octanol–water partition coefficient (Wildman–Crippen LogP) is 1.39. The van der Waals surface area contributed by atoms with Crippen molar-refractivity contribution in [1.82, 2.24) is 19.5 Å². The smallest absolute Gasteiger partial charge is 0.224 e. The van der Waals surface area contributed by atoms with Crippen molar-refractivity contribution < 1.29 is 0 Å². The van der Waals surface area contributed by atoms with Crippen LogP contribution in [0, 0.1) is 11.3 Å². The van der Waals surface area contributed by atoms with Crippen LogP contribution in [0.3, 0.4) is 0 Å². The molecule has 0 aliphatic rings. The highest BCUT2D eigenvalue weighted by Gasteiger charge is 2.18. The number of fused-ring (bicyclic) bond motifs is 1. The molecule has 2 heterocycles. The van der Waals surface area contributed by atoms with E-state index in [-0.39, 0.29) is 5.95 Å². The molecular weight excluding hydrogens is 278 g/mol. The number of rotatable bonds is 3. The van der Waals surface area contributed by atoms with Crippen LogP contribution in [0.5, 0.6) is 0 Å². The third-order valence-corrected chi connectivity index (χ3v) is 3.30. The summed E-state index contributed by atoms with van der Waals surface area (Å²) in [5.41, 5.74) is 8.00. The lowest BCUT2D eigenvalue weighted by Crippen LogP contribution is -2.13. The minimum absolute atomic E-state index is 0.162. The summed E-state index contributed by atoms with van der Waals surface area (Å²) in [6, 6.07) is 12.0. The average molecular weight is 293 g/mol. The second-order valence-corrected chi connectivity index (χ2v) is 5.09. The molecule has 0 saturated heterocycles. The van der Waals surface area contributed by atoms with Gasteiger partial charge in [0.2, 0.25) is 11.8 Å². The van der Waals surface area contributed by atoms with E-state index in [0.717, 1.165) is 5.56 Å². The van der Waals surface area contributed by atoms with Gasteiger partial charge in [0.1, 0.15) is 6.07 Å². The van der Waals surface area contributed by atoms with Crippen LogP contribution < -0.4 is 10.6 Å². The van der Waals surface area contributed by atoms with Crippen LogP contribution in [-0.2, 0) is 6.54 Å². The standard InChI is InChI=1S/C15H15N7/c1-21(2)13-12-14(20-15(17)19-13)22(11(8-16)18-12)9-10-6-4-3-5-7-10/h3-7H,9H2,1-2H3,(H2,17,19,20). The maximum absolute atomic E-state index is 9.37. The average Bonchev–Trinajstić information content (AvgIpc) is 2.85. The fraction of sp³-hybridized carbons (Fsp3) is 0.200. The first-order valence-electron chi connectivity index (χ1n) is 6.75. The van der Waals surface area contributed by atoms with Gasteiger partial charge in [0.05, 0.1) is 6.54 Å². The van der Waals surface area contributed by atoms with Crippen LogP contribution in [0.4, 0.5) is 11.8 Å². The third kappa shape index (κ3) is 2.31. The molecule has 0 spiro atoms. The summed E-state index contributed by atoms with van der Waals surface area (Å²) in [6.45, 7) is 0.504. The maximum Gasteiger partial charge on any atom is 0.224 e. The van der Waals surface area contributed by atoms with Gasteiger partial charge in [-0.1, -0.05) is 30.3 Å². The molecule has 0 amide bonds. The summed E-state index contributed by atoms with van der Waals surface area (Å²) in [5.74, 6) is 1.06. The largest absolute Gasteiger partial charge is 0.368 e. The number of imidazole rings is 1. The van der Waals surface area contributed by atoms with Gasteiger partial charge in [0.25, 0.3) is 0 Å². The first-order valence-corrected chi connectivity index (χ1v) is 6.75. The number of anilines is 2. The van der Waals surface area contributed by atoms with Crippen LogP contribution in [0.1, 0.15) is 11.4 Å². The second kappa shape index (κ2) is 5.33. The number of nitriles is 1. The molecule has 0 saturated carbocycles. The van der Waals surface area contributed by atoms with Crippen LogP contribution in [0.25, 0.3) is 11.2 Å². The lowest BCUT2D eigenvalue weighted by Gasteiger charge is -2.12. The van der Waals surface area contributed by atoms with Gasteiger partial charge in [-0.2, -0.15) is 15.2 Å². The van der Waals surface area contributed by atoms with E-state index in [1.54, 1.807) is 9.47 Å². The fourth-order valence-electron chi connectivity index (χ4n) is 2.32. The van der Waals surface area contributed by atoms with E-state index in [2.05, 4.69) is 21.0 Å². The Kier molecular flexibility index (Phi) is 3.35. The number of hydrogen-bond acceptors (Lipinski definition) is 6. The van der Waals surface area contributed by atoms with E-state index >= 15 is 0 Å². The second-order valence-electron chi connectivity index (χ2n) is 5.09. The number of nitrogens with zero attached hydrogens (tertiary/aromatic N) is 6. The Bertz CT molecular complexity index is 859. The zero-order chi connectivity index (χ0) is 15.7. The highest BCUT2D eigenvalue weighted by atomic mass is 15.2. The number of nitrogen functional groups attached to an aromatic ring is 1. The van der Waals surface area contributed by atoms with Crippen molar-refractivity contribution >= 4 is 22.9 Å². The Morgan fingerprint density at radius 2 is 1.91 bits per heavy atom. The van der Waals surface area contributed by atoms with E-state index in [9.17, 15) is 5.26 Å². The quantitative estimate of drug-likeness (QED) is 0.784. The molecule has 110 valence electrons. The van der Waals surface area contributed by atoms with Crippen LogP contribution in [0.2, 0.25) is 0 Å². The SMILES string of the molecule is CN(C)c1nc(N)nc2c1nc(C#N)n2Cc1ccccc1. The zero-order valence-corrected chi connectivity index (χ0v) is 12.4. The summed E-state index contributed by atoms with van der Waals surface area (Å²) in [4.78, 5) is 14.7. The van der Waals surface area contributed by atoms with Gasteiger partial charge in [-0.15, -0.1) is 0 Å². The van der Waals surface area contributed by atoms with Crippen LogP contribution >= 0.6 is 0 Å². The number of aromatic nitrogens is 4. The molecule has 0 fully saturated rings. The van der Waals surface area contributed by atoms with E-state index in [0.29, 0.717) is 29.4 Å². The zero-order valence-electron chi connectivity index (χ0n) is 12.4. The first kappa shape index (κ1) is 13.8. The molecule has 2 N–H and O–H groups in total. The third-order valence-electron chi connectivity index (χ3n) is 3.30. The van der Waals surface area contributed by atoms with Crippen LogP contribution in [0.15, 0.2) is 30.3 Å². The molecule has 3 rings (SSSR count). The number of benzene rings is 1. The van der Waals surface area contributed by atoms with Crippen molar-refractivity contribution in [2.24, 2.45) is 0 Å². The number of nitrogens with two attached hydrogens (primary N) is 1. The molecule has 0 radical (unpaired) electrons. The topological polar surface area (TPSA) is 96.7 Å². The maximum atomic E-state index is 9.37. The van der Waals surface area contributed by atoms with Gasteiger partial charge in [-0.05, 0) is 5.56 Å². The van der Waals surface area contributed by atoms with Gasteiger partial charge < -0.3 is 10.6 Å². The van der Waals surface area contributed by atoms with E-state index < -0.39 is 0 Å². The van der Waals surface area contributed by atoms with Gasteiger partial charge >= 0.3 is 0 Å². The van der Waals surface area contributed by atoms with Crippen molar-refractivity contribution in [2.75, 3.05) is 24.7 Å². The molecule has 7 nitrogen and oxygen atoms in total. The Morgan fingerprint density at radius 3 is 2.55 bits per heavy atom. The van der Waals surface area contributed by atoms with Crippen molar-refractivity contribution in [3.8, 4) is 6.07 Å². The van der Waals surface area contributed by atoms with Gasteiger partial charge in [-0.25, -0.2) is 4.98 Å². The molecule has 1 aromatic carbocycles. The molecular formula is C15H15N7. The Morgan fingerprint density at radius 1 is 1.18 bits per heavy atom. The van der Waals surface area contributed by atoms with Gasteiger partial charge in [-0.3, -0.25) is 4.57 Å². The van der Waals surface area contributed by atoms with E-state index in [1.165, 1.54) is 0 Å². The van der Waals surface area contributed by atoms with Gasteiger partial charge in [0, 0.05) is 14.1 Å².